The molecule has 0 fully saturated rings. The molecule has 0 aliphatic heterocycles. The predicted molar refractivity (Wildman–Crippen MR) is 93.3 cm³/mol. The number of anilines is 1. The summed E-state index contributed by atoms with van der Waals surface area (Å²) in [7, 11) is 0. The van der Waals surface area contributed by atoms with E-state index in [0.29, 0.717) is 0 Å². The maximum absolute atomic E-state index is 11.9. The lowest BCUT2D eigenvalue weighted by Crippen LogP contribution is -2.30. The third-order valence-electron chi connectivity index (χ3n) is 3.05. The Balaban J connectivity index is 1.84. The van der Waals surface area contributed by atoms with Crippen LogP contribution in [0.3, 0.4) is 0 Å². The van der Waals surface area contributed by atoms with Crippen LogP contribution in [0.15, 0.2) is 57.5 Å². The van der Waals surface area contributed by atoms with Crippen molar-refractivity contribution in [2.75, 3.05) is 11.9 Å². The summed E-state index contributed by atoms with van der Waals surface area (Å²) in [5.41, 5.74) is 1.93. The zero-order valence-electron chi connectivity index (χ0n) is 11.6. The number of nitrogens with one attached hydrogen (secondary N) is 2. The summed E-state index contributed by atoms with van der Waals surface area (Å²) in [5.74, 6) is -0.0583. The largest absolute Gasteiger partial charge is 0.325 e. The molecule has 3 nitrogen and oxygen atoms in total. The Hall–Kier alpha value is -1.17. The molecule has 1 unspecified atom stereocenters. The Kier molecular flexibility index (Phi) is 5.96. The molecule has 0 bridgehead atoms. The van der Waals surface area contributed by atoms with Crippen LogP contribution in [-0.2, 0) is 4.79 Å². The van der Waals surface area contributed by atoms with E-state index in [1.807, 2.05) is 55.5 Å². The zero-order valence-corrected chi connectivity index (χ0v) is 14.7. The minimum atomic E-state index is -0.0583. The molecule has 1 atom stereocenters. The van der Waals surface area contributed by atoms with Crippen molar-refractivity contribution in [1.29, 1.82) is 0 Å². The van der Waals surface area contributed by atoms with Crippen molar-refractivity contribution in [2.45, 2.75) is 13.0 Å². The van der Waals surface area contributed by atoms with Gasteiger partial charge in [0.2, 0.25) is 5.91 Å². The van der Waals surface area contributed by atoms with E-state index in [1.54, 1.807) is 0 Å². The minimum Gasteiger partial charge on any atom is -0.325 e. The maximum atomic E-state index is 11.9. The monoisotopic (exact) mass is 410 g/mol. The van der Waals surface area contributed by atoms with Crippen molar-refractivity contribution in [2.24, 2.45) is 0 Å². The molecule has 5 heteroatoms. The van der Waals surface area contributed by atoms with Gasteiger partial charge in [-0.2, -0.15) is 0 Å². The fraction of sp³-hybridized carbons (Fsp3) is 0.188. The first-order valence-electron chi connectivity index (χ1n) is 6.59. The summed E-state index contributed by atoms with van der Waals surface area (Å²) >= 11 is 6.79. The molecule has 0 aromatic heterocycles. The second-order valence-corrected chi connectivity index (χ2v) is 6.54. The van der Waals surface area contributed by atoms with Crippen LogP contribution in [0, 0.1) is 0 Å². The smallest absolute Gasteiger partial charge is 0.238 e. The molecule has 21 heavy (non-hydrogen) atoms. The molecule has 0 spiro atoms. The standard InChI is InChI=1S/C16H16Br2N2O/c1-11(12-5-7-13(17)8-6-12)19-10-16(21)20-15-4-2-3-14(18)9-15/h2-9,11,19H,10H2,1H3,(H,20,21). The fourth-order valence-corrected chi connectivity index (χ4v) is 2.55. The predicted octanol–water partition coefficient (Wildman–Crippen LogP) is 4.50. The number of hydrogen-bond donors (Lipinski definition) is 2. The molecular formula is C16H16Br2N2O. The first-order valence-corrected chi connectivity index (χ1v) is 8.17. The van der Waals surface area contributed by atoms with Gasteiger partial charge < -0.3 is 10.6 Å². The Morgan fingerprint density at radius 3 is 2.48 bits per heavy atom. The van der Waals surface area contributed by atoms with E-state index < -0.39 is 0 Å². The van der Waals surface area contributed by atoms with Crippen molar-refractivity contribution in [3.63, 3.8) is 0 Å². The molecule has 2 aromatic carbocycles. The zero-order chi connectivity index (χ0) is 15.2. The Morgan fingerprint density at radius 2 is 1.81 bits per heavy atom. The summed E-state index contributed by atoms with van der Waals surface area (Å²) in [6.45, 7) is 2.30. The second-order valence-electron chi connectivity index (χ2n) is 4.71. The number of carbonyl (C=O) groups excluding carboxylic acids is 1. The fourth-order valence-electron chi connectivity index (χ4n) is 1.89. The van der Waals surface area contributed by atoms with Crippen LogP contribution in [0.25, 0.3) is 0 Å². The van der Waals surface area contributed by atoms with Gasteiger partial charge in [0.05, 0.1) is 6.54 Å². The minimum absolute atomic E-state index is 0.0583. The molecule has 0 aliphatic carbocycles. The van der Waals surface area contributed by atoms with Crippen LogP contribution in [0.1, 0.15) is 18.5 Å². The lowest BCUT2D eigenvalue weighted by molar-refractivity contribution is -0.115. The number of halogens is 2. The van der Waals surface area contributed by atoms with Gasteiger partial charge in [-0.1, -0.05) is 50.1 Å². The highest BCUT2D eigenvalue weighted by Crippen LogP contribution is 2.17. The Morgan fingerprint density at radius 1 is 1.10 bits per heavy atom. The highest BCUT2D eigenvalue weighted by atomic mass is 79.9. The van der Waals surface area contributed by atoms with Crippen molar-refractivity contribution < 1.29 is 4.79 Å². The molecule has 2 rings (SSSR count). The maximum Gasteiger partial charge on any atom is 0.238 e. The summed E-state index contributed by atoms with van der Waals surface area (Å²) in [6.07, 6.45) is 0. The summed E-state index contributed by atoms with van der Waals surface area (Å²) in [5, 5.41) is 6.07. The normalized spacial score (nSPS) is 12.0. The van der Waals surface area contributed by atoms with E-state index in [-0.39, 0.29) is 18.5 Å². The lowest BCUT2D eigenvalue weighted by Gasteiger charge is -2.14. The van der Waals surface area contributed by atoms with Crippen LogP contribution in [0.2, 0.25) is 0 Å². The second kappa shape index (κ2) is 7.73. The first kappa shape index (κ1) is 16.2. The molecule has 0 saturated heterocycles. The van der Waals surface area contributed by atoms with E-state index in [1.165, 1.54) is 0 Å². The molecule has 0 radical (unpaired) electrons. The molecule has 0 aliphatic rings. The highest BCUT2D eigenvalue weighted by molar-refractivity contribution is 9.10. The lowest BCUT2D eigenvalue weighted by atomic mass is 10.1. The van der Waals surface area contributed by atoms with Gasteiger partial charge in [0.25, 0.3) is 0 Å². The van der Waals surface area contributed by atoms with Crippen molar-refractivity contribution in [3.8, 4) is 0 Å². The SMILES string of the molecule is CC(NCC(=O)Nc1cccc(Br)c1)c1ccc(Br)cc1. The highest BCUT2D eigenvalue weighted by Gasteiger charge is 2.08. The van der Waals surface area contributed by atoms with Gasteiger partial charge in [0, 0.05) is 20.7 Å². The average molecular weight is 412 g/mol. The average Bonchev–Trinajstić information content (AvgIpc) is 2.45. The van der Waals surface area contributed by atoms with Gasteiger partial charge in [-0.25, -0.2) is 0 Å². The number of amides is 1. The van der Waals surface area contributed by atoms with Crippen LogP contribution in [0.4, 0.5) is 5.69 Å². The van der Waals surface area contributed by atoms with Crippen molar-refractivity contribution in [3.05, 3.63) is 63.0 Å². The van der Waals surface area contributed by atoms with Crippen LogP contribution in [0.5, 0.6) is 0 Å². The Bertz CT molecular complexity index is 614. The third kappa shape index (κ3) is 5.26. The van der Waals surface area contributed by atoms with E-state index in [9.17, 15) is 4.79 Å². The van der Waals surface area contributed by atoms with E-state index in [4.69, 9.17) is 0 Å². The number of benzene rings is 2. The molecule has 110 valence electrons. The van der Waals surface area contributed by atoms with Crippen LogP contribution >= 0.6 is 31.9 Å². The van der Waals surface area contributed by atoms with Gasteiger partial charge in [0.15, 0.2) is 0 Å². The Labute approximate surface area is 141 Å². The van der Waals surface area contributed by atoms with Gasteiger partial charge >= 0.3 is 0 Å². The summed E-state index contributed by atoms with van der Waals surface area (Å²) in [6, 6.07) is 15.7. The third-order valence-corrected chi connectivity index (χ3v) is 4.07. The van der Waals surface area contributed by atoms with Crippen molar-refractivity contribution >= 4 is 43.5 Å². The van der Waals surface area contributed by atoms with E-state index >= 15 is 0 Å². The molecule has 2 aromatic rings. The van der Waals surface area contributed by atoms with Crippen LogP contribution in [-0.4, -0.2) is 12.5 Å². The molecule has 0 heterocycles. The van der Waals surface area contributed by atoms with Gasteiger partial charge in [0.1, 0.15) is 0 Å². The van der Waals surface area contributed by atoms with Crippen molar-refractivity contribution in [1.82, 2.24) is 5.32 Å². The number of rotatable bonds is 5. The van der Waals surface area contributed by atoms with Crippen LogP contribution < -0.4 is 10.6 Å². The van der Waals surface area contributed by atoms with Gasteiger partial charge in [-0.3, -0.25) is 4.79 Å². The van der Waals surface area contributed by atoms with E-state index in [0.717, 1.165) is 20.2 Å². The molecule has 1 amide bonds. The first-order chi connectivity index (χ1) is 10.0. The topological polar surface area (TPSA) is 41.1 Å². The number of carbonyl (C=O) groups is 1. The quantitative estimate of drug-likeness (QED) is 0.760. The van der Waals surface area contributed by atoms with Gasteiger partial charge in [-0.05, 0) is 42.8 Å². The molecule has 2 N–H and O–H groups in total. The summed E-state index contributed by atoms with van der Waals surface area (Å²) < 4.78 is 1.99. The van der Waals surface area contributed by atoms with Gasteiger partial charge in [-0.15, -0.1) is 0 Å². The van der Waals surface area contributed by atoms with E-state index in [2.05, 4.69) is 42.5 Å². The summed E-state index contributed by atoms with van der Waals surface area (Å²) in [4.78, 5) is 11.9. The number of hydrogen-bond acceptors (Lipinski definition) is 2. The molecule has 0 saturated carbocycles. The molecular weight excluding hydrogens is 396 g/mol.